The van der Waals surface area contributed by atoms with Crippen LogP contribution in [0.3, 0.4) is 0 Å². The maximum Gasteiger partial charge on any atom is 0.303 e. The highest BCUT2D eigenvalue weighted by atomic mass is 32.2. The summed E-state index contributed by atoms with van der Waals surface area (Å²) in [6.45, 7) is -0.0112. The van der Waals surface area contributed by atoms with Gasteiger partial charge in [-0.25, -0.2) is 0 Å². The van der Waals surface area contributed by atoms with Gasteiger partial charge in [0.2, 0.25) is 5.91 Å². The Labute approximate surface area is 220 Å². The van der Waals surface area contributed by atoms with Gasteiger partial charge in [-0.05, 0) is 41.8 Å². The van der Waals surface area contributed by atoms with Gasteiger partial charge in [-0.3, -0.25) is 9.59 Å². The summed E-state index contributed by atoms with van der Waals surface area (Å²) in [7, 11) is 0. The number of benzene rings is 3. The summed E-state index contributed by atoms with van der Waals surface area (Å²) >= 11 is 1.74. The lowest BCUT2D eigenvalue weighted by atomic mass is 10.0. The molecule has 3 atom stereocenters. The number of hydrogen-bond donors (Lipinski definition) is 3. The van der Waals surface area contributed by atoms with Gasteiger partial charge in [0.1, 0.15) is 0 Å². The summed E-state index contributed by atoms with van der Waals surface area (Å²) in [6.07, 6.45) is 0.185. The predicted octanol–water partition coefficient (Wildman–Crippen LogP) is 5.71. The molecular weight excluding hydrogens is 490 g/mol. The SMILES string of the molecule is O=C(O)CCCC(=O)Nc1cccc(C2OC(CSc3ccccc3)CC(c3ccc(CO)cc3)O2)c1. The molecule has 0 radical (unpaired) electrons. The molecule has 3 aromatic carbocycles. The number of amides is 1. The van der Waals surface area contributed by atoms with Gasteiger partial charge in [-0.1, -0.05) is 54.6 Å². The molecule has 1 aliphatic rings. The minimum atomic E-state index is -0.915. The summed E-state index contributed by atoms with van der Waals surface area (Å²) < 4.78 is 12.8. The first-order chi connectivity index (χ1) is 18.0. The van der Waals surface area contributed by atoms with Crippen molar-refractivity contribution in [1.82, 2.24) is 0 Å². The smallest absolute Gasteiger partial charge is 0.303 e. The Kier molecular flexibility index (Phi) is 9.73. The van der Waals surface area contributed by atoms with Crippen LogP contribution in [0.4, 0.5) is 5.69 Å². The molecular formula is C29H31NO6S. The van der Waals surface area contributed by atoms with Crippen LogP contribution in [0.15, 0.2) is 83.8 Å². The fourth-order valence-electron chi connectivity index (χ4n) is 4.12. The van der Waals surface area contributed by atoms with Crippen LogP contribution in [0.2, 0.25) is 0 Å². The van der Waals surface area contributed by atoms with E-state index in [0.29, 0.717) is 12.1 Å². The molecule has 4 rings (SSSR count). The maximum absolute atomic E-state index is 12.3. The van der Waals surface area contributed by atoms with Gasteiger partial charge in [-0.2, -0.15) is 0 Å². The summed E-state index contributed by atoms with van der Waals surface area (Å²) in [5.74, 6) is -0.389. The Balaban J connectivity index is 1.48. The molecule has 3 unspecified atom stereocenters. The van der Waals surface area contributed by atoms with Gasteiger partial charge in [0.25, 0.3) is 0 Å². The van der Waals surface area contributed by atoms with Gasteiger partial charge in [0.05, 0.1) is 18.8 Å². The number of aliphatic carboxylic acids is 1. The second kappa shape index (κ2) is 13.4. The van der Waals surface area contributed by atoms with E-state index in [1.54, 1.807) is 17.8 Å². The third kappa shape index (κ3) is 8.16. The normalized spacial score (nSPS) is 19.3. The Morgan fingerprint density at radius 2 is 1.70 bits per heavy atom. The zero-order valence-electron chi connectivity index (χ0n) is 20.4. The zero-order chi connectivity index (χ0) is 26.0. The first kappa shape index (κ1) is 26.9. The Morgan fingerprint density at radius 3 is 2.43 bits per heavy atom. The van der Waals surface area contributed by atoms with Crippen molar-refractivity contribution in [2.75, 3.05) is 11.1 Å². The van der Waals surface area contributed by atoms with E-state index in [9.17, 15) is 14.7 Å². The van der Waals surface area contributed by atoms with Crippen molar-refractivity contribution in [2.24, 2.45) is 0 Å². The Bertz CT molecular complexity index is 1170. The van der Waals surface area contributed by atoms with Crippen molar-refractivity contribution in [1.29, 1.82) is 0 Å². The third-order valence-electron chi connectivity index (χ3n) is 6.03. The van der Waals surface area contributed by atoms with Gasteiger partial charge >= 0.3 is 5.97 Å². The lowest BCUT2D eigenvalue weighted by Gasteiger charge is -2.36. The molecule has 0 spiro atoms. The monoisotopic (exact) mass is 521 g/mol. The lowest BCUT2D eigenvalue weighted by Crippen LogP contribution is -2.31. The van der Waals surface area contributed by atoms with Crippen molar-refractivity contribution in [3.8, 4) is 0 Å². The summed E-state index contributed by atoms with van der Waals surface area (Å²) in [4.78, 5) is 24.1. The predicted molar refractivity (Wildman–Crippen MR) is 142 cm³/mol. The number of ether oxygens (including phenoxy) is 2. The zero-order valence-corrected chi connectivity index (χ0v) is 21.2. The molecule has 0 aromatic heterocycles. The highest BCUT2D eigenvalue weighted by Gasteiger charge is 2.32. The number of hydrogen-bond acceptors (Lipinski definition) is 6. The fraction of sp³-hybridized carbons (Fsp3) is 0.310. The molecule has 1 heterocycles. The minimum absolute atomic E-state index is 0.0112. The average Bonchev–Trinajstić information content (AvgIpc) is 2.92. The molecule has 1 amide bonds. The molecule has 1 saturated heterocycles. The van der Waals surface area contributed by atoms with Crippen molar-refractivity contribution >= 4 is 29.3 Å². The van der Waals surface area contributed by atoms with Crippen molar-refractivity contribution in [2.45, 2.75) is 55.7 Å². The minimum Gasteiger partial charge on any atom is -0.481 e. The second-order valence-electron chi connectivity index (χ2n) is 8.90. The van der Waals surface area contributed by atoms with Crippen LogP contribution in [-0.4, -0.2) is 33.9 Å². The van der Waals surface area contributed by atoms with Crippen LogP contribution in [-0.2, 0) is 25.7 Å². The van der Waals surface area contributed by atoms with Gasteiger partial charge < -0.3 is 25.0 Å². The molecule has 0 saturated carbocycles. The lowest BCUT2D eigenvalue weighted by molar-refractivity contribution is -0.245. The molecule has 1 aliphatic heterocycles. The quantitative estimate of drug-likeness (QED) is 0.278. The van der Waals surface area contributed by atoms with E-state index >= 15 is 0 Å². The number of carboxylic acids is 1. The molecule has 7 nitrogen and oxygen atoms in total. The summed E-state index contributed by atoms with van der Waals surface area (Å²) in [5, 5.41) is 21.0. The van der Waals surface area contributed by atoms with Crippen LogP contribution in [0.25, 0.3) is 0 Å². The molecule has 3 aromatic rings. The van der Waals surface area contributed by atoms with Crippen LogP contribution in [0, 0.1) is 0 Å². The van der Waals surface area contributed by atoms with E-state index in [1.165, 1.54) is 4.90 Å². The number of thioether (sulfide) groups is 1. The first-order valence-electron chi connectivity index (χ1n) is 12.3. The van der Waals surface area contributed by atoms with Crippen LogP contribution in [0.1, 0.15) is 54.8 Å². The molecule has 3 N–H and O–H groups in total. The molecule has 194 valence electrons. The van der Waals surface area contributed by atoms with Crippen molar-refractivity contribution < 1.29 is 29.3 Å². The van der Waals surface area contributed by atoms with Crippen LogP contribution < -0.4 is 5.32 Å². The molecule has 37 heavy (non-hydrogen) atoms. The van der Waals surface area contributed by atoms with Gasteiger partial charge in [0, 0.05) is 41.2 Å². The number of carbonyl (C=O) groups is 2. The number of aliphatic hydroxyl groups is 1. The van der Waals surface area contributed by atoms with Crippen molar-refractivity contribution in [3.05, 3.63) is 95.6 Å². The van der Waals surface area contributed by atoms with Crippen molar-refractivity contribution in [3.63, 3.8) is 0 Å². The standard InChI is InChI=1S/C29H31NO6S/c31-18-20-12-14-21(15-13-20)26-17-24(19-37-25-8-2-1-3-9-25)35-29(36-26)22-6-4-7-23(16-22)30-27(32)10-5-11-28(33)34/h1-4,6-9,12-16,24,26,29,31H,5,10-11,17-19H2,(H,30,32)(H,33,34). The molecule has 1 fully saturated rings. The molecule has 0 aliphatic carbocycles. The van der Waals surface area contributed by atoms with E-state index in [2.05, 4.69) is 17.4 Å². The highest BCUT2D eigenvalue weighted by Crippen LogP contribution is 2.39. The topological polar surface area (TPSA) is 105 Å². The Morgan fingerprint density at radius 1 is 0.919 bits per heavy atom. The van der Waals surface area contributed by atoms with E-state index < -0.39 is 12.3 Å². The summed E-state index contributed by atoms with van der Waals surface area (Å²) in [6, 6.07) is 25.3. The number of carboxylic acid groups (broad SMARTS) is 1. The third-order valence-corrected chi connectivity index (χ3v) is 7.18. The first-order valence-corrected chi connectivity index (χ1v) is 13.3. The van der Waals surface area contributed by atoms with Gasteiger partial charge in [-0.15, -0.1) is 11.8 Å². The highest BCUT2D eigenvalue weighted by molar-refractivity contribution is 7.99. The van der Waals surface area contributed by atoms with E-state index in [1.807, 2.05) is 60.7 Å². The van der Waals surface area contributed by atoms with E-state index in [4.69, 9.17) is 14.6 Å². The fourth-order valence-corrected chi connectivity index (χ4v) is 5.06. The van der Waals surface area contributed by atoms with E-state index in [-0.39, 0.29) is 44.0 Å². The Hall–Kier alpha value is -3.17. The molecule has 0 bridgehead atoms. The van der Waals surface area contributed by atoms with Crippen LogP contribution >= 0.6 is 11.8 Å². The number of nitrogens with one attached hydrogen (secondary N) is 1. The number of rotatable bonds is 11. The van der Waals surface area contributed by atoms with E-state index in [0.717, 1.165) is 22.4 Å². The molecule has 8 heteroatoms. The largest absolute Gasteiger partial charge is 0.481 e. The number of anilines is 1. The maximum atomic E-state index is 12.3. The number of carbonyl (C=O) groups excluding carboxylic acids is 1. The number of aliphatic hydroxyl groups excluding tert-OH is 1. The summed E-state index contributed by atoms with van der Waals surface area (Å²) in [5.41, 5.74) is 3.25. The average molecular weight is 522 g/mol. The second-order valence-corrected chi connectivity index (χ2v) is 9.99. The van der Waals surface area contributed by atoms with Crippen LogP contribution in [0.5, 0.6) is 0 Å². The van der Waals surface area contributed by atoms with Gasteiger partial charge in [0.15, 0.2) is 6.29 Å².